The predicted molar refractivity (Wildman–Crippen MR) is 111 cm³/mol. The first kappa shape index (κ1) is 20.4. The molecule has 2 aromatic carbocycles. The van der Waals surface area contributed by atoms with Crippen LogP contribution in [0.2, 0.25) is 0 Å². The van der Waals surface area contributed by atoms with Gasteiger partial charge in [-0.2, -0.15) is 13.2 Å². The number of thioether (sulfide) groups is 1. The SMILES string of the molecule is O=C(Cc1csc(-c2ccc(C(F)(F)F)cc2)n1)Nc1ccc2c(c1)NC(=O)CS2. The smallest absolute Gasteiger partial charge is 0.326 e. The van der Waals surface area contributed by atoms with E-state index in [0.717, 1.165) is 17.0 Å². The number of nitrogens with one attached hydrogen (secondary N) is 2. The van der Waals surface area contributed by atoms with Gasteiger partial charge in [0.25, 0.3) is 0 Å². The minimum Gasteiger partial charge on any atom is -0.326 e. The van der Waals surface area contributed by atoms with Crippen molar-refractivity contribution in [2.24, 2.45) is 0 Å². The zero-order valence-electron chi connectivity index (χ0n) is 15.2. The largest absolute Gasteiger partial charge is 0.416 e. The van der Waals surface area contributed by atoms with E-state index in [0.29, 0.717) is 33.4 Å². The Labute approximate surface area is 177 Å². The van der Waals surface area contributed by atoms with Crippen LogP contribution in [0.15, 0.2) is 52.7 Å². The Bertz CT molecular complexity index is 1110. The maximum Gasteiger partial charge on any atom is 0.416 e. The lowest BCUT2D eigenvalue weighted by Crippen LogP contribution is -2.19. The molecule has 2 N–H and O–H groups in total. The van der Waals surface area contributed by atoms with Crippen molar-refractivity contribution in [1.29, 1.82) is 0 Å². The van der Waals surface area contributed by atoms with Crippen molar-refractivity contribution in [2.45, 2.75) is 17.5 Å². The molecule has 2 amide bonds. The molecular weight excluding hydrogens is 435 g/mol. The second-order valence-corrected chi connectivity index (χ2v) is 8.37. The lowest BCUT2D eigenvalue weighted by molar-refractivity contribution is -0.137. The normalized spacial score (nSPS) is 13.5. The van der Waals surface area contributed by atoms with Gasteiger partial charge < -0.3 is 10.6 Å². The van der Waals surface area contributed by atoms with Crippen LogP contribution in [0.1, 0.15) is 11.3 Å². The highest BCUT2D eigenvalue weighted by Crippen LogP contribution is 2.34. The van der Waals surface area contributed by atoms with Crippen LogP contribution in [0.25, 0.3) is 10.6 Å². The number of benzene rings is 2. The summed E-state index contributed by atoms with van der Waals surface area (Å²) in [5.74, 6) is -0.00711. The number of thiazole rings is 1. The highest BCUT2D eigenvalue weighted by Gasteiger charge is 2.30. The Morgan fingerprint density at radius 3 is 2.67 bits per heavy atom. The quantitative estimate of drug-likeness (QED) is 0.585. The van der Waals surface area contributed by atoms with Crippen LogP contribution < -0.4 is 10.6 Å². The number of nitrogens with zero attached hydrogens (tertiary/aromatic N) is 1. The number of hydrogen-bond acceptors (Lipinski definition) is 5. The number of halogens is 3. The second kappa shape index (κ2) is 8.11. The van der Waals surface area contributed by atoms with Gasteiger partial charge in [-0.25, -0.2) is 4.98 Å². The summed E-state index contributed by atoms with van der Waals surface area (Å²) in [6.07, 6.45) is -4.36. The van der Waals surface area contributed by atoms with E-state index in [4.69, 9.17) is 0 Å². The molecule has 30 heavy (non-hydrogen) atoms. The van der Waals surface area contributed by atoms with Gasteiger partial charge in [-0.1, -0.05) is 12.1 Å². The zero-order valence-corrected chi connectivity index (χ0v) is 16.9. The number of hydrogen-bond donors (Lipinski definition) is 2. The van der Waals surface area contributed by atoms with Gasteiger partial charge in [0.05, 0.1) is 29.1 Å². The minimum atomic E-state index is -4.39. The number of carbonyl (C=O) groups excluding carboxylic acids is 2. The lowest BCUT2D eigenvalue weighted by atomic mass is 10.1. The van der Waals surface area contributed by atoms with E-state index >= 15 is 0 Å². The maximum absolute atomic E-state index is 12.7. The van der Waals surface area contributed by atoms with Crippen molar-refractivity contribution >= 4 is 46.3 Å². The summed E-state index contributed by atoms with van der Waals surface area (Å²) >= 11 is 2.69. The molecule has 1 aliphatic rings. The van der Waals surface area contributed by atoms with E-state index in [-0.39, 0.29) is 18.2 Å². The molecule has 1 aromatic heterocycles. The first-order valence-corrected chi connectivity index (χ1v) is 10.6. The van der Waals surface area contributed by atoms with Crippen LogP contribution in [-0.4, -0.2) is 22.6 Å². The Morgan fingerprint density at radius 2 is 1.93 bits per heavy atom. The fourth-order valence-electron chi connectivity index (χ4n) is 2.85. The fourth-order valence-corrected chi connectivity index (χ4v) is 4.47. The van der Waals surface area contributed by atoms with Gasteiger partial charge in [0, 0.05) is 21.5 Å². The second-order valence-electron chi connectivity index (χ2n) is 6.49. The highest BCUT2D eigenvalue weighted by molar-refractivity contribution is 8.00. The lowest BCUT2D eigenvalue weighted by Gasteiger charge is -2.17. The van der Waals surface area contributed by atoms with Gasteiger partial charge in [-0.3, -0.25) is 9.59 Å². The molecular formula is C20H14F3N3O2S2. The first-order chi connectivity index (χ1) is 14.3. The number of anilines is 2. The predicted octanol–water partition coefficient (Wildman–Crippen LogP) is 5.05. The summed E-state index contributed by atoms with van der Waals surface area (Å²) in [7, 11) is 0. The van der Waals surface area contributed by atoms with Gasteiger partial charge in [-0.05, 0) is 30.3 Å². The van der Waals surface area contributed by atoms with Gasteiger partial charge in [0.2, 0.25) is 11.8 Å². The monoisotopic (exact) mass is 449 g/mol. The van der Waals surface area contributed by atoms with E-state index in [9.17, 15) is 22.8 Å². The molecule has 4 rings (SSSR count). The Hall–Kier alpha value is -2.85. The summed E-state index contributed by atoms with van der Waals surface area (Å²) in [6.45, 7) is 0. The number of aromatic nitrogens is 1. The number of fused-ring (bicyclic) bond motifs is 1. The fraction of sp³-hybridized carbons (Fsp3) is 0.150. The van der Waals surface area contributed by atoms with Gasteiger partial charge in [0.15, 0.2) is 0 Å². The van der Waals surface area contributed by atoms with Crippen molar-refractivity contribution in [3.8, 4) is 10.6 Å². The van der Waals surface area contributed by atoms with Crippen LogP contribution in [-0.2, 0) is 22.2 Å². The molecule has 3 aromatic rings. The van der Waals surface area contributed by atoms with Crippen LogP contribution in [0.3, 0.4) is 0 Å². The molecule has 10 heteroatoms. The van der Waals surface area contributed by atoms with Crippen molar-refractivity contribution in [3.63, 3.8) is 0 Å². The minimum absolute atomic E-state index is 0.0231. The van der Waals surface area contributed by atoms with Gasteiger partial charge in [0.1, 0.15) is 5.01 Å². The van der Waals surface area contributed by atoms with E-state index < -0.39 is 11.7 Å². The molecule has 2 heterocycles. The standard InChI is InChI=1S/C20H14F3N3O2S2/c21-20(22,23)12-3-1-11(2-4-12)19-25-14(9-30-19)8-17(27)24-13-5-6-16-15(7-13)26-18(28)10-29-16/h1-7,9H,8,10H2,(H,24,27)(H,26,28). The van der Waals surface area contributed by atoms with Crippen molar-refractivity contribution in [2.75, 3.05) is 16.4 Å². The van der Waals surface area contributed by atoms with E-state index in [1.165, 1.54) is 35.2 Å². The molecule has 0 unspecified atom stereocenters. The molecule has 1 aliphatic heterocycles. The van der Waals surface area contributed by atoms with E-state index in [2.05, 4.69) is 15.6 Å². The molecule has 0 bridgehead atoms. The third-order valence-electron chi connectivity index (χ3n) is 4.25. The molecule has 0 radical (unpaired) electrons. The molecule has 0 saturated carbocycles. The Kier molecular flexibility index (Phi) is 5.52. The highest BCUT2D eigenvalue weighted by atomic mass is 32.2. The Balaban J connectivity index is 1.41. The summed E-state index contributed by atoms with van der Waals surface area (Å²) in [6, 6.07) is 10.0. The Morgan fingerprint density at radius 1 is 1.17 bits per heavy atom. The summed E-state index contributed by atoms with van der Waals surface area (Å²) in [5.41, 5.74) is 1.57. The molecule has 5 nitrogen and oxygen atoms in total. The number of rotatable bonds is 4. The molecule has 0 atom stereocenters. The molecule has 154 valence electrons. The van der Waals surface area contributed by atoms with E-state index in [1.807, 2.05) is 6.07 Å². The number of alkyl halides is 3. The maximum atomic E-state index is 12.7. The van der Waals surface area contributed by atoms with Crippen molar-refractivity contribution in [1.82, 2.24) is 4.98 Å². The topological polar surface area (TPSA) is 71.1 Å². The molecule has 0 spiro atoms. The molecule has 0 aliphatic carbocycles. The zero-order chi connectivity index (χ0) is 21.3. The summed E-state index contributed by atoms with van der Waals surface area (Å²) in [4.78, 5) is 29.1. The van der Waals surface area contributed by atoms with E-state index in [1.54, 1.807) is 17.5 Å². The number of carbonyl (C=O) groups is 2. The number of amides is 2. The van der Waals surface area contributed by atoms with Crippen molar-refractivity contribution in [3.05, 3.63) is 59.1 Å². The molecule has 0 saturated heterocycles. The van der Waals surface area contributed by atoms with Gasteiger partial charge >= 0.3 is 6.18 Å². The average molecular weight is 449 g/mol. The van der Waals surface area contributed by atoms with Gasteiger partial charge in [-0.15, -0.1) is 23.1 Å². The molecule has 0 fully saturated rings. The summed E-state index contributed by atoms with van der Waals surface area (Å²) in [5, 5.41) is 7.78. The van der Waals surface area contributed by atoms with Crippen LogP contribution in [0, 0.1) is 0 Å². The van der Waals surface area contributed by atoms with Crippen LogP contribution >= 0.6 is 23.1 Å². The third-order valence-corrected chi connectivity index (χ3v) is 6.26. The first-order valence-electron chi connectivity index (χ1n) is 8.76. The van der Waals surface area contributed by atoms with Crippen LogP contribution in [0.4, 0.5) is 24.5 Å². The van der Waals surface area contributed by atoms with Crippen molar-refractivity contribution < 1.29 is 22.8 Å². The van der Waals surface area contributed by atoms with Crippen LogP contribution in [0.5, 0.6) is 0 Å². The summed E-state index contributed by atoms with van der Waals surface area (Å²) < 4.78 is 38.0. The average Bonchev–Trinajstić information content (AvgIpc) is 3.15. The third kappa shape index (κ3) is 4.65.